The van der Waals surface area contributed by atoms with Crippen molar-refractivity contribution in [2.45, 2.75) is 45.6 Å². The molecule has 0 aromatic heterocycles. The topological polar surface area (TPSA) is 76.2 Å². The highest BCUT2D eigenvalue weighted by Gasteiger charge is 2.51. The first-order chi connectivity index (χ1) is 14.9. The Hall–Kier alpha value is -2.25. The number of ether oxygens (including phenoxy) is 2. The van der Waals surface area contributed by atoms with Crippen LogP contribution in [0.5, 0.6) is 0 Å². The fourth-order valence-electron chi connectivity index (χ4n) is 5.76. The number of para-hydroxylation sites is 1. The van der Waals surface area contributed by atoms with Crippen LogP contribution in [0.4, 0.5) is 5.69 Å². The van der Waals surface area contributed by atoms with Gasteiger partial charge >= 0.3 is 5.97 Å². The third-order valence-electron chi connectivity index (χ3n) is 7.24. The average Bonchev–Trinajstić information content (AvgIpc) is 3.02. The molecule has 7 heteroatoms. The Morgan fingerprint density at radius 3 is 2.71 bits per heavy atom. The number of benzene rings is 1. The van der Waals surface area contributed by atoms with Crippen LogP contribution in [0.15, 0.2) is 24.3 Å². The fraction of sp³-hybridized carbons (Fsp3) is 0.625. The van der Waals surface area contributed by atoms with Crippen molar-refractivity contribution in [2.24, 2.45) is 17.3 Å². The molecule has 2 aliphatic heterocycles. The van der Waals surface area contributed by atoms with Crippen LogP contribution in [-0.4, -0.2) is 62.1 Å². The number of amides is 2. The summed E-state index contributed by atoms with van der Waals surface area (Å²) < 4.78 is 11.8. The van der Waals surface area contributed by atoms with Gasteiger partial charge in [-0.1, -0.05) is 32.4 Å². The molecule has 168 valence electrons. The largest absolute Gasteiger partial charge is 0.461 e. The molecule has 0 radical (unpaired) electrons. The highest BCUT2D eigenvalue weighted by Crippen LogP contribution is 2.46. The molecule has 2 heterocycles. The van der Waals surface area contributed by atoms with Crippen molar-refractivity contribution in [1.82, 2.24) is 4.90 Å². The van der Waals surface area contributed by atoms with Crippen LogP contribution >= 0.6 is 0 Å². The summed E-state index contributed by atoms with van der Waals surface area (Å²) in [7, 11) is 1.75. The summed E-state index contributed by atoms with van der Waals surface area (Å²) in [5.74, 6) is -0.990. The van der Waals surface area contributed by atoms with Crippen LogP contribution in [-0.2, 0) is 19.1 Å². The Bertz CT molecular complexity index is 871. The number of esters is 1. The molecule has 7 nitrogen and oxygen atoms in total. The number of hydrogen-bond donors (Lipinski definition) is 0. The Morgan fingerprint density at radius 2 is 2.03 bits per heavy atom. The van der Waals surface area contributed by atoms with Gasteiger partial charge < -0.3 is 14.4 Å². The zero-order valence-corrected chi connectivity index (χ0v) is 18.6. The van der Waals surface area contributed by atoms with E-state index in [1.165, 1.54) is 0 Å². The molecule has 4 rings (SSSR count). The van der Waals surface area contributed by atoms with Crippen LogP contribution < -0.4 is 4.90 Å². The lowest BCUT2D eigenvalue weighted by molar-refractivity contribution is -0.150. The number of carbonyl (C=O) groups excluding carboxylic acids is 3. The van der Waals surface area contributed by atoms with Gasteiger partial charge in [0, 0.05) is 38.0 Å². The zero-order valence-electron chi connectivity index (χ0n) is 18.6. The molecule has 0 spiro atoms. The second-order valence-electron chi connectivity index (χ2n) is 9.26. The number of hydrogen-bond acceptors (Lipinski definition) is 6. The van der Waals surface area contributed by atoms with Crippen molar-refractivity contribution in [3.63, 3.8) is 0 Å². The van der Waals surface area contributed by atoms with E-state index in [0.717, 1.165) is 43.8 Å². The molecule has 2 saturated heterocycles. The number of methoxy groups -OCH3 is 1. The second kappa shape index (κ2) is 8.71. The number of imide groups is 1. The summed E-state index contributed by atoms with van der Waals surface area (Å²) in [5.41, 5.74) is 0.330. The van der Waals surface area contributed by atoms with Gasteiger partial charge in [0.2, 0.25) is 11.8 Å². The van der Waals surface area contributed by atoms with E-state index in [1.54, 1.807) is 38.3 Å². The quantitative estimate of drug-likeness (QED) is 0.512. The first-order valence-corrected chi connectivity index (χ1v) is 11.3. The van der Waals surface area contributed by atoms with Crippen LogP contribution in [0, 0.1) is 17.3 Å². The van der Waals surface area contributed by atoms with E-state index < -0.39 is 5.97 Å². The van der Waals surface area contributed by atoms with Gasteiger partial charge in [0.15, 0.2) is 0 Å². The second-order valence-corrected chi connectivity index (χ2v) is 9.26. The van der Waals surface area contributed by atoms with Gasteiger partial charge in [0.1, 0.15) is 6.61 Å². The number of fused-ring (bicyclic) bond motifs is 2. The molecule has 1 aromatic carbocycles. The zero-order chi connectivity index (χ0) is 22.2. The highest BCUT2D eigenvalue weighted by molar-refractivity contribution is 6.22. The maximum absolute atomic E-state index is 13.1. The lowest BCUT2D eigenvalue weighted by Gasteiger charge is -2.54. The van der Waals surface area contributed by atoms with Gasteiger partial charge in [-0.05, 0) is 37.4 Å². The van der Waals surface area contributed by atoms with E-state index in [0.29, 0.717) is 11.6 Å². The van der Waals surface area contributed by atoms with Crippen LogP contribution in [0.25, 0.3) is 0 Å². The van der Waals surface area contributed by atoms with E-state index in [2.05, 4.69) is 11.8 Å². The normalized spacial score (nSPS) is 31.2. The summed E-state index contributed by atoms with van der Waals surface area (Å²) in [6, 6.07) is 6.70. The molecular formula is C24H32N2O5. The summed E-state index contributed by atoms with van der Waals surface area (Å²) in [4.78, 5) is 41.6. The third kappa shape index (κ3) is 3.89. The summed E-state index contributed by atoms with van der Waals surface area (Å²) in [6.45, 7) is 6.98. The van der Waals surface area contributed by atoms with Crippen molar-refractivity contribution in [2.75, 3.05) is 38.3 Å². The Labute approximate surface area is 183 Å². The highest BCUT2D eigenvalue weighted by atomic mass is 16.5. The molecule has 2 amide bonds. The summed E-state index contributed by atoms with van der Waals surface area (Å²) in [6.07, 6.45) is 3.41. The molecule has 1 aromatic rings. The maximum atomic E-state index is 13.1. The van der Waals surface area contributed by atoms with Crippen molar-refractivity contribution in [3.8, 4) is 0 Å². The van der Waals surface area contributed by atoms with Crippen molar-refractivity contribution < 1.29 is 23.9 Å². The third-order valence-corrected chi connectivity index (χ3v) is 7.24. The Morgan fingerprint density at radius 1 is 1.26 bits per heavy atom. The smallest absolute Gasteiger partial charge is 0.340 e. The number of anilines is 1. The summed E-state index contributed by atoms with van der Waals surface area (Å²) in [5, 5.41) is 0. The molecule has 2 bridgehead atoms. The maximum Gasteiger partial charge on any atom is 0.340 e. The molecule has 4 atom stereocenters. The molecule has 1 unspecified atom stereocenters. The molecular weight excluding hydrogens is 396 g/mol. The predicted octanol–water partition coefficient (Wildman–Crippen LogP) is 2.88. The van der Waals surface area contributed by atoms with Gasteiger partial charge in [0.25, 0.3) is 0 Å². The number of carbonyl (C=O) groups is 3. The molecule has 1 aliphatic carbocycles. The van der Waals surface area contributed by atoms with Crippen molar-refractivity contribution in [3.05, 3.63) is 29.8 Å². The van der Waals surface area contributed by atoms with E-state index in [-0.39, 0.29) is 47.8 Å². The van der Waals surface area contributed by atoms with Gasteiger partial charge in [-0.25, -0.2) is 9.69 Å². The standard InChI is InChI=1S/C24H32N2O5/c1-4-25-13-17-8-7-11-24(14-25,21(17)30-3)15-31-23(29)18-9-5-6-10-19(18)26-20(27)12-16(2)22(26)28/h5-6,9-10,16-17,21H,4,7-8,11-15H2,1-3H3/t16?,17-,21-,24+/m1/s1. The van der Waals surface area contributed by atoms with Crippen LogP contribution in [0.3, 0.4) is 0 Å². The van der Waals surface area contributed by atoms with Gasteiger partial charge in [0.05, 0.1) is 17.4 Å². The van der Waals surface area contributed by atoms with Crippen molar-refractivity contribution in [1.29, 1.82) is 0 Å². The SMILES string of the molecule is CCN1C[C@H]2CCC[C@@](COC(=O)c3ccccc3N3C(=O)CC(C)C3=O)(C1)[C@@H]2OC. The lowest BCUT2D eigenvalue weighted by atomic mass is 9.64. The monoisotopic (exact) mass is 428 g/mol. The number of nitrogens with zero attached hydrogens (tertiary/aromatic N) is 2. The van der Waals surface area contributed by atoms with Gasteiger partial charge in [-0.15, -0.1) is 0 Å². The first-order valence-electron chi connectivity index (χ1n) is 11.3. The molecule has 3 fully saturated rings. The number of rotatable bonds is 6. The van der Waals surface area contributed by atoms with Crippen molar-refractivity contribution >= 4 is 23.5 Å². The first kappa shape index (κ1) is 22.0. The van der Waals surface area contributed by atoms with E-state index >= 15 is 0 Å². The van der Waals surface area contributed by atoms with E-state index in [1.807, 2.05) is 0 Å². The summed E-state index contributed by atoms with van der Waals surface area (Å²) >= 11 is 0. The minimum Gasteiger partial charge on any atom is -0.461 e. The average molecular weight is 429 g/mol. The van der Waals surface area contributed by atoms with Gasteiger partial charge in [-0.3, -0.25) is 9.59 Å². The van der Waals surface area contributed by atoms with Crippen LogP contribution in [0.2, 0.25) is 0 Å². The molecule has 1 saturated carbocycles. The number of piperidine rings is 1. The minimum absolute atomic E-state index is 0.0645. The number of likely N-dealkylation sites (tertiary alicyclic amines) is 1. The Kier molecular flexibility index (Phi) is 6.17. The lowest BCUT2D eigenvalue weighted by Crippen LogP contribution is -2.61. The van der Waals surface area contributed by atoms with E-state index in [9.17, 15) is 14.4 Å². The molecule has 0 N–H and O–H groups in total. The molecule has 3 aliphatic rings. The van der Waals surface area contributed by atoms with Crippen LogP contribution in [0.1, 0.15) is 49.9 Å². The Balaban J connectivity index is 1.55. The van der Waals surface area contributed by atoms with Gasteiger partial charge in [-0.2, -0.15) is 0 Å². The predicted molar refractivity (Wildman–Crippen MR) is 116 cm³/mol. The molecule has 31 heavy (non-hydrogen) atoms. The fourth-order valence-corrected chi connectivity index (χ4v) is 5.76. The van der Waals surface area contributed by atoms with E-state index in [4.69, 9.17) is 9.47 Å². The minimum atomic E-state index is -0.504.